The topological polar surface area (TPSA) is 75.2 Å². The SMILES string of the molecule is CC(C)(C)Cc1nnc(NC(=O)C2CC(=O)N(C(C)(C)C)C2)s1. The number of aromatic nitrogens is 2. The lowest BCUT2D eigenvalue weighted by Crippen LogP contribution is -2.42. The first-order chi connectivity index (χ1) is 10.5. The number of amides is 2. The standard InChI is InChI=1S/C16H26N4O2S/c1-15(2,3)8-11-18-19-14(23-11)17-13(22)10-7-12(21)20(9-10)16(4,5)6/h10H,7-9H2,1-6H3,(H,17,19,22). The summed E-state index contributed by atoms with van der Waals surface area (Å²) < 4.78 is 0. The van der Waals surface area contributed by atoms with Crippen LogP contribution in [0.3, 0.4) is 0 Å². The summed E-state index contributed by atoms with van der Waals surface area (Å²) in [6.45, 7) is 12.8. The van der Waals surface area contributed by atoms with Gasteiger partial charge in [0.2, 0.25) is 16.9 Å². The largest absolute Gasteiger partial charge is 0.337 e. The summed E-state index contributed by atoms with van der Waals surface area (Å²) >= 11 is 1.40. The average molecular weight is 338 g/mol. The minimum atomic E-state index is -0.323. The maximum Gasteiger partial charge on any atom is 0.231 e. The first kappa shape index (κ1) is 17.8. The van der Waals surface area contributed by atoms with Crippen LogP contribution in [-0.4, -0.2) is 39.0 Å². The predicted octanol–water partition coefficient (Wildman–Crippen LogP) is 2.71. The van der Waals surface area contributed by atoms with E-state index in [2.05, 4.69) is 36.3 Å². The van der Waals surface area contributed by atoms with Crippen molar-refractivity contribution in [2.24, 2.45) is 11.3 Å². The van der Waals surface area contributed by atoms with E-state index in [9.17, 15) is 9.59 Å². The fourth-order valence-corrected chi connectivity index (χ4v) is 3.61. The van der Waals surface area contributed by atoms with Crippen LogP contribution in [0.2, 0.25) is 0 Å². The fourth-order valence-electron chi connectivity index (χ4n) is 2.57. The summed E-state index contributed by atoms with van der Waals surface area (Å²) in [6.07, 6.45) is 1.08. The van der Waals surface area contributed by atoms with Crippen molar-refractivity contribution in [3.63, 3.8) is 0 Å². The fraction of sp³-hybridized carbons (Fsp3) is 0.750. The Kier molecular flexibility index (Phi) is 4.80. The number of likely N-dealkylation sites (tertiary alicyclic amines) is 1. The molecule has 1 aromatic rings. The van der Waals surface area contributed by atoms with Gasteiger partial charge in [-0.05, 0) is 26.2 Å². The minimum absolute atomic E-state index is 0.0309. The smallest absolute Gasteiger partial charge is 0.231 e. The van der Waals surface area contributed by atoms with E-state index in [0.717, 1.165) is 11.4 Å². The van der Waals surface area contributed by atoms with Gasteiger partial charge in [-0.2, -0.15) is 0 Å². The van der Waals surface area contributed by atoms with Crippen molar-refractivity contribution in [1.29, 1.82) is 0 Å². The van der Waals surface area contributed by atoms with E-state index in [1.807, 2.05) is 20.8 Å². The van der Waals surface area contributed by atoms with Gasteiger partial charge in [-0.25, -0.2) is 0 Å². The van der Waals surface area contributed by atoms with Gasteiger partial charge in [0.05, 0.1) is 5.92 Å². The van der Waals surface area contributed by atoms with Gasteiger partial charge < -0.3 is 10.2 Å². The third-order valence-corrected chi connectivity index (χ3v) is 4.52. The molecule has 7 heteroatoms. The molecule has 1 fully saturated rings. The first-order valence-corrected chi connectivity index (χ1v) is 8.71. The highest BCUT2D eigenvalue weighted by Gasteiger charge is 2.39. The Labute approximate surface area is 141 Å². The highest BCUT2D eigenvalue weighted by molar-refractivity contribution is 7.15. The Morgan fingerprint density at radius 1 is 1.26 bits per heavy atom. The maximum atomic E-state index is 12.4. The molecule has 1 N–H and O–H groups in total. The van der Waals surface area contributed by atoms with Gasteiger partial charge in [0, 0.05) is 24.9 Å². The summed E-state index contributed by atoms with van der Waals surface area (Å²) in [4.78, 5) is 26.2. The van der Waals surface area contributed by atoms with Crippen LogP contribution in [-0.2, 0) is 16.0 Å². The second-order valence-electron chi connectivity index (χ2n) is 8.30. The molecule has 2 rings (SSSR count). The molecule has 128 valence electrons. The Hall–Kier alpha value is -1.50. The van der Waals surface area contributed by atoms with E-state index < -0.39 is 0 Å². The zero-order chi connectivity index (χ0) is 17.4. The molecule has 0 radical (unpaired) electrons. The molecule has 1 aliphatic rings. The predicted molar refractivity (Wildman–Crippen MR) is 91.3 cm³/mol. The monoisotopic (exact) mass is 338 g/mol. The van der Waals surface area contributed by atoms with Crippen LogP contribution < -0.4 is 5.32 Å². The van der Waals surface area contributed by atoms with Crippen molar-refractivity contribution in [3.8, 4) is 0 Å². The number of hydrogen-bond donors (Lipinski definition) is 1. The zero-order valence-corrected chi connectivity index (χ0v) is 15.6. The lowest BCUT2D eigenvalue weighted by Gasteiger charge is -2.31. The molecule has 6 nitrogen and oxygen atoms in total. The molecule has 0 saturated carbocycles. The van der Waals surface area contributed by atoms with Crippen LogP contribution >= 0.6 is 11.3 Å². The second-order valence-corrected chi connectivity index (χ2v) is 9.37. The Morgan fingerprint density at radius 3 is 2.43 bits per heavy atom. The van der Waals surface area contributed by atoms with Gasteiger partial charge in [0.1, 0.15) is 5.01 Å². The third-order valence-electron chi connectivity index (χ3n) is 3.68. The van der Waals surface area contributed by atoms with Crippen LogP contribution in [0.15, 0.2) is 0 Å². The molecule has 0 aromatic carbocycles. The average Bonchev–Trinajstić information content (AvgIpc) is 2.93. The Bertz CT molecular complexity index is 598. The maximum absolute atomic E-state index is 12.4. The highest BCUT2D eigenvalue weighted by Crippen LogP contribution is 2.28. The van der Waals surface area contributed by atoms with E-state index >= 15 is 0 Å². The second kappa shape index (κ2) is 6.19. The van der Waals surface area contributed by atoms with Gasteiger partial charge >= 0.3 is 0 Å². The van der Waals surface area contributed by atoms with E-state index in [1.165, 1.54) is 11.3 Å². The zero-order valence-electron chi connectivity index (χ0n) is 14.8. The molecular formula is C16H26N4O2S. The van der Waals surface area contributed by atoms with Crippen molar-refractivity contribution in [2.75, 3.05) is 11.9 Å². The molecule has 1 aromatic heterocycles. The van der Waals surface area contributed by atoms with Crippen LogP contribution in [0.4, 0.5) is 5.13 Å². The van der Waals surface area contributed by atoms with Crippen molar-refractivity contribution < 1.29 is 9.59 Å². The molecule has 2 amide bonds. The summed E-state index contributed by atoms with van der Waals surface area (Å²) in [5.74, 6) is -0.441. The number of carbonyl (C=O) groups excluding carboxylic acids is 2. The molecule has 0 bridgehead atoms. The van der Waals surface area contributed by atoms with Crippen molar-refractivity contribution in [1.82, 2.24) is 15.1 Å². The molecule has 1 aliphatic heterocycles. The van der Waals surface area contributed by atoms with Crippen LogP contribution in [0.5, 0.6) is 0 Å². The quantitative estimate of drug-likeness (QED) is 0.919. The molecule has 1 atom stereocenters. The molecule has 1 unspecified atom stereocenters. The number of nitrogens with zero attached hydrogens (tertiary/aromatic N) is 3. The molecule has 2 heterocycles. The van der Waals surface area contributed by atoms with Crippen LogP contribution in [0.1, 0.15) is 53.0 Å². The van der Waals surface area contributed by atoms with Crippen molar-refractivity contribution >= 4 is 28.3 Å². The minimum Gasteiger partial charge on any atom is -0.337 e. The summed E-state index contributed by atoms with van der Waals surface area (Å²) in [5.41, 5.74) is -0.124. The van der Waals surface area contributed by atoms with Gasteiger partial charge in [-0.15, -0.1) is 10.2 Å². The molecule has 23 heavy (non-hydrogen) atoms. The lowest BCUT2D eigenvalue weighted by molar-refractivity contribution is -0.131. The Morgan fingerprint density at radius 2 is 1.91 bits per heavy atom. The number of nitrogens with one attached hydrogen (secondary N) is 1. The number of anilines is 1. The van der Waals surface area contributed by atoms with Gasteiger partial charge in [0.25, 0.3) is 0 Å². The molecule has 0 spiro atoms. The first-order valence-electron chi connectivity index (χ1n) is 7.89. The number of rotatable bonds is 3. The van der Waals surface area contributed by atoms with Crippen LogP contribution in [0.25, 0.3) is 0 Å². The lowest BCUT2D eigenvalue weighted by atomic mass is 9.93. The van der Waals surface area contributed by atoms with E-state index in [1.54, 1.807) is 4.90 Å². The molecular weight excluding hydrogens is 312 g/mol. The Balaban J connectivity index is 1.97. The molecule has 1 saturated heterocycles. The number of carbonyl (C=O) groups is 2. The number of hydrogen-bond acceptors (Lipinski definition) is 5. The van der Waals surface area contributed by atoms with Gasteiger partial charge in [0.15, 0.2) is 0 Å². The van der Waals surface area contributed by atoms with Crippen LogP contribution in [0, 0.1) is 11.3 Å². The van der Waals surface area contributed by atoms with Crippen molar-refractivity contribution in [3.05, 3.63) is 5.01 Å². The summed E-state index contributed by atoms with van der Waals surface area (Å²) in [5, 5.41) is 12.4. The van der Waals surface area contributed by atoms with Gasteiger partial charge in [-0.1, -0.05) is 32.1 Å². The summed E-state index contributed by atoms with van der Waals surface area (Å²) in [6, 6.07) is 0. The molecule has 0 aliphatic carbocycles. The highest BCUT2D eigenvalue weighted by atomic mass is 32.1. The van der Waals surface area contributed by atoms with E-state index in [-0.39, 0.29) is 35.1 Å². The van der Waals surface area contributed by atoms with E-state index in [4.69, 9.17) is 0 Å². The third kappa shape index (κ3) is 4.73. The normalized spacial score (nSPS) is 19.3. The summed E-state index contributed by atoms with van der Waals surface area (Å²) in [7, 11) is 0. The van der Waals surface area contributed by atoms with Gasteiger partial charge in [-0.3, -0.25) is 9.59 Å². The van der Waals surface area contributed by atoms with E-state index in [0.29, 0.717) is 11.7 Å². The van der Waals surface area contributed by atoms with Crippen molar-refractivity contribution in [2.45, 2.75) is 59.9 Å².